The molecule has 6 nitrogen and oxygen atoms in total. The molecule has 154 valence electrons. The summed E-state index contributed by atoms with van der Waals surface area (Å²) >= 11 is 2.72. The molecule has 0 saturated heterocycles. The number of nitrogens with one attached hydrogen (secondary N) is 2. The van der Waals surface area contributed by atoms with Crippen LogP contribution in [0.15, 0.2) is 64.2 Å². The Balaban J connectivity index is 1.44. The predicted octanol–water partition coefficient (Wildman–Crippen LogP) is 4.64. The third-order valence-electron chi connectivity index (χ3n) is 4.43. The Morgan fingerprint density at radius 2 is 1.87 bits per heavy atom. The van der Waals surface area contributed by atoms with E-state index in [1.165, 1.54) is 18.6 Å². The number of sulfonamides is 1. The highest BCUT2D eigenvalue weighted by atomic mass is 32.2. The molecular weight excluding hydrogens is 438 g/mol. The van der Waals surface area contributed by atoms with Gasteiger partial charge in [-0.2, -0.15) is 4.72 Å². The number of fused-ring (bicyclic) bond motifs is 1. The largest absolute Gasteiger partial charge is 0.325 e. The summed E-state index contributed by atoms with van der Waals surface area (Å²) in [5.41, 5.74) is 3.70. The van der Waals surface area contributed by atoms with Gasteiger partial charge in [-0.1, -0.05) is 12.1 Å². The van der Waals surface area contributed by atoms with Crippen LogP contribution < -0.4 is 10.0 Å². The minimum atomic E-state index is -3.71. The van der Waals surface area contributed by atoms with Gasteiger partial charge >= 0.3 is 0 Å². The summed E-state index contributed by atoms with van der Waals surface area (Å²) in [6.45, 7) is 3.57. The topological polar surface area (TPSA) is 88.2 Å². The monoisotopic (exact) mass is 457 g/mol. The highest BCUT2D eigenvalue weighted by Gasteiger charge is 2.22. The molecule has 2 aromatic heterocycles. The summed E-state index contributed by atoms with van der Waals surface area (Å²) in [7, 11) is -3.71. The van der Waals surface area contributed by atoms with Gasteiger partial charge < -0.3 is 5.32 Å². The molecule has 1 amide bonds. The van der Waals surface area contributed by atoms with Crippen molar-refractivity contribution in [1.82, 2.24) is 9.71 Å². The van der Waals surface area contributed by atoms with Crippen molar-refractivity contribution in [1.29, 1.82) is 0 Å². The van der Waals surface area contributed by atoms with E-state index in [0.29, 0.717) is 5.69 Å². The first-order valence-corrected chi connectivity index (χ1v) is 12.3. The minimum absolute atomic E-state index is 0.178. The maximum absolute atomic E-state index is 12.4. The van der Waals surface area contributed by atoms with Crippen LogP contribution in [0.1, 0.15) is 12.5 Å². The number of aromatic nitrogens is 1. The lowest BCUT2D eigenvalue weighted by Gasteiger charge is -2.14. The maximum atomic E-state index is 12.4. The number of hydrogen-bond acceptors (Lipinski definition) is 6. The summed E-state index contributed by atoms with van der Waals surface area (Å²) in [5, 5.41) is 5.32. The second-order valence-electron chi connectivity index (χ2n) is 6.83. The molecule has 30 heavy (non-hydrogen) atoms. The van der Waals surface area contributed by atoms with Crippen LogP contribution >= 0.6 is 22.7 Å². The van der Waals surface area contributed by atoms with Gasteiger partial charge in [0.1, 0.15) is 9.22 Å². The molecule has 0 fully saturated rings. The van der Waals surface area contributed by atoms with E-state index in [4.69, 9.17) is 0 Å². The van der Waals surface area contributed by atoms with E-state index in [1.54, 1.807) is 34.9 Å². The third kappa shape index (κ3) is 4.44. The van der Waals surface area contributed by atoms with Crippen LogP contribution in [0.4, 0.5) is 5.69 Å². The molecule has 1 unspecified atom stereocenters. The number of hydrogen-bond donors (Lipinski definition) is 2. The van der Waals surface area contributed by atoms with Crippen LogP contribution in [0.25, 0.3) is 20.8 Å². The number of benzene rings is 2. The average Bonchev–Trinajstić information content (AvgIpc) is 3.38. The zero-order valence-corrected chi connectivity index (χ0v) is 18.7. The Morgan fingerprint density at radius 1 is 1.10 bits per heavy atom. The molecule has 9 heteroatoms. The zero-order valence-electron chi connectivity index (χ0n) is 16.2. The van der Waals surface area contributed by atoms with Crippen LogP contribution in [0, 0.1) is 6.92 Å². The number of nitrogens with zero attached hydrogens (tertiary/aromatic N) is 1. The molecule has 2 aromatic carbocycles. The van der Waals surface area contributed by atoms with E-state index in [9.17, 15) is 13.2 Å². The Hall–Kier alpha value is -2.59. The molecule has 0 bridgehead atoms. The van der Waals surface area contributed by atoms with Gasteiger partial charge in [-0.3, -0.25) is 4.79 Å². The van der Waals surface area contributed by atoms with Crippen molar-refractivity contribution in [3.8, 4) is 10.6 Å². The first kappa shape index (κ1) is 20.7. The smallest absolute Gasteiger partial charge is 0.250 e. The van der Waals surface area contributed by atoms with Gasteiger partial charge in [0, 0.05) is 11.3 Å². The fraction of sp³-hybridized carbons (Fsp3) is 0.143. The van der Waals surface area contributed by atoms with Crippen molar-refractivity contribution < 1.29 is 13.2 Å². The molecule has 2 N–H and O–H groups in total. The Kier molecular flexibility index (Phi) is 5.70. The summed E-state index contributed by atoms with van der Waals surface area (Å²) < 4.78 is 28.3. The molecule has 2 heterocycles. The standard InChI is InChI=1S/C21H19N3O3S3/c1-13-5-10-17-18(12-13)29-21(23-17)15-6-8-16(9-7-15)22-20(25)14(2)24-30(26,27)19-4-3-11-28-19/h3-12,14,24H,1-2H3,(H,22,25). The first-order chi connectivity index (χ1) is 14.3. The highest BCUT2D eigenvalue weighted by Crippen LogP contribution is 2.31. The molecule has 0 radical (unpaired) electrons. The minimum Gasteiger partial charge on any atom is -0.325 e. The molecule has 1 atom stereocenters. The Bertz CT molecular complexity index is 1290. The third-order valence-corrected chi connectivity index (χ3v) is 8.43. The van der Waals surface area contributed by atoms with Gasteiger partial charge in [0.2, 0.25) is 5.91 Å². The molecule has 4 aromatic rings. The van der Waals surface area contributed by atoms with Gasteiger partial charge in [0.25, 0.3) is 10.0 Å². The SMILES string of the molecule is Cc1ccc2nc(-c3ccc(NC(=O)C(C)NS(=O)(=O)c4cccs4)cc3)sc2c1. The van der Waals surface area contributed by atoms with Crippen molar-refractivity contribution in [3.63, 3.8) is 0 Å². The van der Waals surface area contributed by atoms with E-state index >= 15 is 0 Å². The van der Waals surface area contributed by atoms with Gasteiger partial charge in [-0.05, 0) is 67.3 Å². The number of aryl methyl sites for hydroxylation is 1. The molecule has 0 aliphatic rings. The number of anilines is 1. The summed E-state index contributed by atoms with van der Waals surface area (Å²) in [6, 6.07) is 15.7. The normalized spacial score (nSPS) is 12.7. The summed E-state index contributed by atoms with van der Waals surface area (Å²) in [4.78, 5) is 17.1. The fourth-order valence-corrected chi connectivity index (χ4v) is 6.14. The number of thiophene rings is 1. The second-order valence-corrected chi connectivity index (χ2v) is 10.8. The maximum Gasteiger partial charge on any atom is 0.250 e. The van der Waals surface area contributed by atoms with Crippen molar-refractivity contribution >= 4 is 54.5 Å². The fourth-order valence-electron chi connectivity index (χ4n) is 2.86. The zero-order chi connectivity index (χ0) is 21.3. The quantitative estimate of drug-likeness (QED) is 0.442. The van der Waals surface area contributed by atoms with E-state index in [0.717, 1.165) is 32.1 Å². The van der Waals surface area contributed by atoms with Gasteiger partial charge in [-0.15, -0.1) is 22.7 Å². The molecule has 4 rings (SSSR count). The number of carbonyl (C=O) groups is 1. The van der Waals surface area contributed by atoms with E-state index in [-0.39, 0.29) is 4.21 Å². The van der Waals surface area contributed by atoms with Crippen molar-refractivity contribution in [2.75, 3.05) is 5.32 Å². The van der Waals surface area contributed by atoms with E-state index in [1.807, 2.05) is 24.3 Å². The van der Waals surface area contributed by atoms with Gasteiger partial charge in [0.05, 0.1) is 16.3 Å². The Labute approximate surface area is 182 Å². The summed E-state index contributed by atoms with van der Waals surface area (Å²) in [6.07, 6.45) is 0. The second kappa shape index (κ2) is 8.27. The molecule has 0 saturated carbocycles. The number of rotatable bonds is 6. The van der Waals surface area contributed by atoms with Crippen molar-refractivity contribution in [2.45, 2.75) is 24.1 Å². The number of amides is 1. The van der Waals surface area contributed by atoms with E-state index in [2.05, 4.69) is 28.0 Å². The predicted molar refractivity (Wildman–Crippen MR) is 123 cm³/mol. The van der Waals surface area contributed by atoms with E-state index < -0.39 is 22.0 Å². The lowest BCUT2D eigenvalue weighted by molar-refractivity contribution is -0.117. The number of carbonyl (C=O) groups excluding carboxylic acids is 1. The summed E-state index contributed by atoms with van der Waals surface area (Å²) in [5.74, 6) is -0.432. The van der Waals surface area contributed by atoms with Crippen LogP contribution in [0.2, 0.25) is 0 Å². The lowest BCUT2D eigenvalue weighted by atomic mass is 10.2. The van der Waals surface area contributed by atoms with Crippen molar-refractivity contribution in [2.24, 2.45) is 0 Å². The molecular formula is C21H19N3O3S3. The highest BCUT2D eigenvalue weighted by molar-refractivity contribution is 7.91. The van der Waals surface area contributed by atoms with Gasteiger partial charge in [0.15, 0.2) is 0 Å². The molecule has 0 spiro atoms. The van der Waals surface area contributed by atoms with Crippen LogP contribution in [0.3, 0.4) is 0 Å². The van der Waals surface area contributed by atoms with Crippen LogP contribution in [-0.4, -0.2) is 25.4 Å². The Morgan fingerprint density at radius 3 is 2.57 bits per heavy atom. The lowest BCUT2D eigenvalue weighted by Crippen LogP contribution is -2.41. The average molecular weight is 458 g/mol. The van der Waals surface area contributed by atoms with Gasteiger partial charge in [-0.25, -0.2) is 13.4 Å². The molecule has 0 aliphatic carbocycles. The van der Waals surface area contributed by atoms with Crippen LogP contribution in [0.5, 0.6) is 0 Å². The van der Waals surface area contributed by atoms with Crippen molar-refractivity contribution in [3.05, 3.63) is 65.5 Å². The van der Waals surface area contributed by atoms with Crippen LogP contribution in [-0.2, 0) is 14.8 Å². The number of thiazole rings is 1. The molecule has 0 aliphatic heterocycles. The first-order valence-electron chi connectivity index (χ1n) is 9.16.